The highest BCUT2D eigenvalue weighted by Gasteiger charge is 2.41. The molecule has 4 nitrogen and oxygen atoms in total. The molecular weight excluding hydrogens is 226 g/mol. The Balaban J connectivity index is 1.87. The molecule has 0 aromatic rings. The van der Waals surface area contributed by atoms with Crippen molar-refractivity contribution in [1.82, 2.24) is 15.5 Å². The van der Waals surface area contributed by atoms with Crippen molar-refractivity contribution < 1.29 is 4.79 Å². The third kappa shape index (κ3) is 2.54. The predicted molar refractivity (Wildman–Crippen MR) is 73.5 cm³/mol. The van der Waals surface area contributed by atoms with Gasteiger partial charge in [0.2, 0.25) is 5.91 Å². The zero-order valence-corrected chi connectivity index (χ0v) is 12.0. The number of likely N-dealkylation sites (N-methyl/N-ethyl adjacent to an activating group) is 1. The van der Waals surface area contributed by atoms with Gasteiger partial charge in [-0.3, -0.25) is 4.79 Å². The van der Waals surface area contributed by atoms with Crippen molar-refractivity contribution in [2.75, 3.05) is 33.7 Å². The van der Waals surface area contributed by atoms with Gasteiger partial charge in [-0.1, -0.05) is 6.92 Å². The van der Waals surface area contributed by atoms with Crippen LogP contribution in [0.25, 0.3) is 0 Å². The Morgan fingerprint density at radius 1 is 1.22 bits per heavy atom. The summed E-state index contributed by atoms with van der Waals surface area (Å²) in [6, 6.07) is 0. The van der Waals surface area contributed by atoms with E-state index in [1.54, 1.807) is 0 Å². The summed E-state index contributed by atoms with van der Waals surface area (Å²) >= 11 is 0. The zero-order chi connectivity index (χ0) is 13.2. The standard InChI is InChI=1S/C14H27N3O/c1-13(7-9-15-10-8-13)12(18)16-11-14(17(2)3)5-4-6-14/h15H,4-11H2,1-3H3,(H,16,18). The van der Waals surface area contributed by atoms with Crippen molar-refractivity contribution in [2.45, 2.75) is 44.6 Å². The van der Waals surface area contributed by atoms with E-state index in [1.807, 2.05) is 0 Å². The molecule has 2 fully saturated rings. The number of carbonyl (C=O) groups is 1. The van der Waals surface area contributed by atoms with Crippen molar-refractivity contribution in [3.63, 3.8) is 0 Å². The molecule has 1 aliphatic heterocycles. The summed E-state index contributed by atoms with van der Waals surface area (Å²) in [5, 5.41) is 6.53. The Morgan fingerprint density at radius 2 is 1.83 bits per heavy atom. The van der Waals surface area contributed by atoms with E-state index in [1.165, 1.54) is 19.3 Å². The van der Waals surface area contributed by atoms with Crippen LogP contribution in [0.2, 0.25) is 0 Å². The Morgan fingerprint density at radius 3 is 2.28 bits per heavy atom. The molecule has 18 heavy (non-hydrogen) atoms. The molecule has 1 saturated heterocycles. The Bertz CT molecular complexity index is 304. The van der Waals surface area contributed by atoms with Gasteiger partial charge in [0, 0.05) is 17.5 Å². The van der Waals surface area contributed by atoms with Gasteiger partial charge in [-0.2, -0.15) is 0 Å². The van der Waals surface area contributed by atoms with E-state index in [9.17, 15) is 4.79 Å². The second-order valence-electron chi connectivity index (χ2n) is 6.47. The molecule has 104 valence electrons. The van der Waals surface area contributed by atoms with E-state index >= 15 is 0 Å². The second kappa shape index (κ2) is 5.17. The van der Waals surface area contributed by atoms with Crippen LogP contribution < -0.4 is 10.6 Å². The van der Waals surface area contributed by atoms with Gasteiger partial charge in [-0.25, -0.2) is 0 Å². The number of hydrogen-bond acceptors (Lipinski definition) is 3. The van der Waals surface area contributed by atoms with E-state index in [0.29, 0.717) is 0 Å². The number of rotatable bonds is 4. The molecule has 4 heteroatoms. The van der Waals surface area contributed by atoms with E-state index in [0.717, 1.165) is 32.5 Å². The predicted octanol–water partition coefficient (Wildman–Crippen LogP) is 0.977. The lowest BCUT2D eigenvalue weighted by Crippen LogP contribution is -2.59. The van der Waals surface area contributed by atoms with Gasteiger partial charge < -0.3 is 15.5 Å². The summed E-state index contributed by atoms with van der Waals surface area (Å²) in [4.78, 5) is 14.7. The molecule has 0 atom stereocenters. The minimum atomic E-state index is -0.164. The summed E-state index contributed by atoms with van der Waals surface area (Å²) in [7, 11) is 4.25. The van der Waals surface area contributed by atoms with Gasteiger partial charge in [0.15, 0.2) is 0 Å². The summed E-state index contributed by atoms with van der Waals surface area (Å²) in [6.45, 7) is 4.83. The van der Waals surface area contributed by atoms with Crippen LogP contribution in [-0.4, -0.2) is 50.1 Å². The Labute approximate surface area is 110 Å². The van der Waals surface area contributed by atoms with Crippen LogP contribution in [-0.2, 0) is 4.79 Å². The lowest BCUT2D eigenvalue weighted by atomic mass is 9.75. The van der Waals surface area contributed by atoms with Gasteiger partial charge in [0.25, 0.3) is 0 Å². The number of hydrogen-bond donors (Lipinski definition) is 2. The maximum absolute atomic E-state index is 12.4. The molecule has 2 rings (SSSR count). The number of nitrogens with zero attached hydrogens (tertiary/aromatic N) is 1. The summed E-state index contributed by atoms with van der Waals surface area (Å²) in [5.74, 6) is 0.247. The molecular formula is C14H27N3O. The van der Waals surface area contributed by atoms with Crippen LogP contribution in [0.3, 0.4) is 0 Å². The molecule has 0 spiro atoms. The fourth-order valence-electron chi connectivity index (χ4n) is 3.03. The quantitative estimate of drug-likeness (QED) is 0.785. The van der Waals surface area contributed by atoms with Crippen LogP contribution >= 0.6 is 0 Å². The Kier molecular flexibility index (Phi) is 3.97. The second-order valence-corrected chi connectivity index (χ2v) is 6.47. The molecule has 1 aliphatic carbocycles. The minimum Gasteiger partial charge on any atom is -0.354 e. The molecule has 2 N–H and O–H groups in total. The molecule has 1 amide bonds. The smallest absolute Gasteiger partial charge is 0.226 e. The first kappa shape index (κ1) is 13.8. The zero-order valence-electron chi connectivity index (χ0n) is 12.0. The summed E-state index contributed by atoms with van der Waals surface area (Å²) < 4.78 is 0. The van der Waals surface area contributed by atoms with Crippen LogP contribution in [0.5, 0.6) is 0 Å². The molecule has 0 aromatic heterocycles. The van der Waals surface area contributed by atoms with E-state index in [4.69, 9.17) is 0 Å². The molecule has 1 saturated carbocycles. The first-order valence-electron chi connectivity index (χ1n) is 7.15. The lowest BCUT2D eigenvalue weighted by Gasteiger charge is -2.48. The molecule has 0 radical (unpaired) electrons. The molecule has 0 unspecified atom stereocenters. The van der Waals surface area contributed by atoms with E-state index in [2.05, 4.69) is 36.6 Å². The maximum Gasteiger partial charge on any atom is 0.226 e. The number of piperidine rings is 1. The first-order chi connectivity index (χ1) is 8.49. The van der Waals surface area contributed by atoms with Crippen molar-refractivity contribution in [1.29, 1.82) is 0 Å². The van der Waals surface area contributed by atoms with Crippen molar-refractivity contribution >= 4 is 5.91 Å². The SMILES string of the molecule is CN(C)C1(CNC(=O)C2(C)CCNCC2)CCC1. The van der Waals surface area contributed by atoms with Crippen molar-refractivity contribution in [2.24, 2.45) is 5.41 Å². The molecule has 2 aliphatic rings. The van der Waals surface area contributed by atoms with Crippen LogP contribution in [0, 0.1) is 5.41 Å². The van der Waals surface area contributed by atoms with Crippen molar-refractivity contribution in [3.05, 3.63) is 0 Å². The molecule has 1 heterocycles. The average molecular weight is 253 g/mol. The van der Waals surface area contributed by atoms with Crippen LogP contribution in [0.15, 0.2) is 0 Å². The Hall–Kier alpha value is -0.610. The number of nitrogens with one attached hydrogen (secondary N) is 2. The monoisotopic (exact) mass is 253 g/mol. The average Bonchev–Trinajstić information content (AvgIpc) is 2.27. The van der Waals surface area contributed by atoms with Gasteiger partial charge in [-0.15, -0.1) is 0 Å². The van der Waals surface area contributed by atoms with Crippen LogP contribution in [0.1, 0.15) is 39.0 Å². The van der Waals surface area contributed by atoms with E-state index < -0.39 is 0 Å². The van der Waals surface area contributed by atoms with Crippen molar-refractivity contribution in [3.8, 4) is 0 Å². The highest BCUT2D eigenvalue weighted by Crippen LogP contribution is 2.36. The first-order valence-corrected chi connectivity index (χ1v) is 7.15. The number of carbonyl (C=O) groups excluding carboxylic acids is 1. The minimum absolute atomic E-state index is 0.164. The molecule has 0 aromatic carbocycles. The topological polar surface area (TPSA) is 44.4 Å². The van der Waals surface area contributed by atoms with Gasteiger partial charge >= 0.3 is 0 Å². The third-order valence-corrected chi connectivity index (χ3v) is 5.07. The molecule has 0 bridgehead atoms. The van der Waals surface area contributed by atoms with E-state index in [-0.39, 0.29) is 16.9 Å². The highest BCUT2D eigenvalue weighted by atomic mass is 16.2. The van der Waals surface area contributed by atoms with Crippen LogP contribution in [0.4, 0.5) is 0 Å². The number of amides is 1. The largest absolute Gasteiger partial charge is 0.354 e. The fraction of sp³-hybridized carbons (Fsp3) is 0.929. The third-order valence-electron chi connectivity index (χ3n) is 5.07. The van der Waals surface area contributed by atoms with Gasteiger partial charge in [-0.05, 0) is 59.3 Å². The maximum atomic E-state index is 12.4. The van der Waals surface area contributed by atoms with Gasteiger partial charge in [0.1, 0.15) is 0 Å². The van der Waals surface area contributed by atoms with Gasteiger partial charge in [0.05, 0.1) is 0 Å². The lowest BCUT2D eigenvalue weighted by molar-refractivity contribution is -0.132. The summed E-state index contributed by atoms with van der Waals surface area (Å²) in [6.07, 6.45) is 5.61. The fourth-order valence-corrected chi connectivity index (χ4v) is 3.03. The summed E-state index contributed by atoms with van der Waals surface area (Å²) in [5.41, 5.74) is 0.0570. The highest BCUT2D eigenvalue weighted by molar-refractivity contribution is 5.82. The normalized spacial score (nSPS) is 25.6.